The number of hydrogen-bond acceptors (Lipinski definition) is 4. The largest absolute Gasteiger partial charge is 0.337 e. The van der Waals surface area contributed by atoms with Gasteiger partial charge in [-0.25, -0.2) is 9.18 Å². The number of aromatic nitrogens is 2. The SMILES string of the molecule is CCc1cccc(NC(=O)N2CCCCC2c2nc(-c3ccc(F)cc3)no2)c1. The summed E-state index contributed by atoms with van der Waals surface area (Å²) in [4.78, 5) is 19.2. The summed E-state index contributed by atoms with van der Waals surface area (Å²) in [7, 11) is 0. The highest BCUT2D eigenvalue weighted by atomic mass is 19.1. The molecule has 29 heavy (non-hydrogen) atoms. The average molecular weight is 394 g/mol. The minimum Gasteiger partial charge on any atom is -0.337 e. The van der Waals surface area contributed by atoms with E-state index in [0.717, 1.165) is 31.4 Å². The molecule has 0 bridgehead atoms. The molecule has 6 nitrogen and oxygen atoms in total. The van der Waals surface area contributed by atoms with Gasteiger partial charge < -0.3 is 14.7 Å². The maximum absolute atomic E-state index is 13.1. The van der Waals surface area contributed by atoms with E-state index in [1.54, 1.807) is 17.0 Å². The van der Waals surface area contributed by atoms with E-state index >= 15 is 0 Å². The third-order valence-electron chi connectivity index (χ3n) is 5.18. The van der Waals surface area contributed by atoms with E-state index in [-0.39, 0.29) is 17.9 Å². The number of amides is 2. The maximum Gasteiger partial charge on any atom is 0.322 e. The first kappa shape index (κ1) is 19.1. The van der Waals surface area contributed by atoms with Gasteiger partial charge in [-0.2, -0.15) is 4.98 Å². The minimum absolute atomic E-state index is 0.176. The number of nitrogens with zero attached hydrogens (tertiary/aromatic N) is 3. The molecule has 1 fully saturated rings. The summed E-state index contributed by atoms with van der Waals surface area (Å²) in [5, 5.41) is 7.01. The van der Waals surface area contributed by atoms with Gasteiger partial charge in [0.2, 0.25) is 11.7 Å². The number of halogens is 1. The van der Waals surface area contributed by atoms with Gasteiger partial charge in [0.25, 0.3) is 0 Å². The van der Waals surface area contributed by atoms with Crippen LogP contribution in [0.2, 0.25) is 0 Å². The van der Waals surface area contributed by atoms with Gasteiger partial charge in [-0.05, 0) is 67.6 Å². The number of carbonyl (C=O) groups is 1. The number of likely N-dealkylation sites (tertiary alicyclic amines) is 1. The van der Waals surface area contributed by atoms with Gasteiger partial charge in [0.15, 0.2) is 0 Å². The minimum atomic E-state index is -0.320. The Bertz CT molecular complexity index is 986. The van der Waals surface area contributed by atoms with Crippen molar-refractivity contribution in [1.82, 2.24) is 15.0 Å². The van der Waals surface area contributed by atoms with E-state index in [0.29, 0.717) is 23.8 Å². The van der Waals surface area contributed by atoms with E-state index in [2.05, 4.69) is 22.4 Å². The Balaban J connectivity index is 1.53. The summed E-state index contributed by atoms with van der Waals surface area (Å²) >= 11 is 0. The third kappa shape index (κ3) is 4.29. The second-order valence-corrected chi connectivity index (χ2v) is 7.15. The van der Waals surface area contributed by atoms with Crippen molar-refractivity contribution in [2.24, 2.45) is 0 Å². The second kappa shape index (κ2) is 8.43. The normalized spacial score (nSPS) is 16.6. The first-order valence-corrected chi connectivity index (χ1v) is 9.90. The van der Waals surface area contributed by atoms with Crippen LogP contribution in [0.1, 0.15) is 43.7 Å². The second-order valence-electron chi connectivity index (χ2n) is 7.15. The van der Waals surface area contributed by atoms with Gasteiger partial charge in [-0.15, -0.1) is 0 Å². The van der Waals surface area contributed by atoms with E-state index in [1.165, 1.54) is 17.7 Å². The summed E-state index contributed by atoms with van der Waals surface area (Å²) < 4.78 is 18.6. The molecule has 3 aromatic rings. The maximum atomic E-state index is 13.1. The molecule has 0 spiro atoms. The molecule has 0 aliphatic carbocycles. The molecule has 1 saturated heterocycles. The van der Waals surface area contributed by atoms with Crippen molar-refractivity contribution in [3.8, 4) is 11.4 Å². The van der Waals surface area contributed by atoms with E-state index in [1.807, 2.05) is 24.3 Å². The number of rotatable bonds is 4. The quantitative estimate of drug-likeness (QED) is 0.660. The Hall–Kier alpha value is -3.22. The first-order chi connectivity index (χ1) is 14.1. The van der Waals surface area contributed by atoms with E-state index in [4.69, 9.17) is 4.52 Å². The molecule has 7 heteroatoms. The molecule has 2 amide bonds. The number of nitrogens with one attached hydrogen (secondary N) is 1. The van der Waals surface area contributed by atoms with Gasteiger partial charge in [0, 0.05) is 17.8 Å². The number of carbonyl (C=O) groups excluding carboxylic acids is 1. The fourth-order valence-electron chi connectivity index (χ4n) is 3.58. The Morgan fingerprint density at radius 1 is 1.24 bits per heavy atom. The number of anilines is 1. The summed E-state index contributed by atoms with van der Waals surface area (Å²) in [5.41, 5.74) is 2.61. The van der Waals surface area contributed by atoms with Crippen molar-refractivity contribution in [2.45, 2.75) is 38.6 Å². The molecule has 1 aliphatic heterocycles. The van der Waals surface area contributed by atoms with Crippen LogP contribution in [0.5, 0.6) is 0 Å². The smallest absolute Gasteiger partial charge is 0.322 e. The number of hydrogen-bond donors (Lipinski definition) is 1. The van der Waals surface area contributed by atoms with Gasteiger partial charge in [-0.3, -0.25) is 0 Å². The lowest BCUT2D eigenvalue weighted by molar-refractivity contribution is 0.142. The van der Waals surface area contributed by atoms with Crippen LogP contribution in [0.3, 0.4) is 0 Å². The van der Waals surface area contributed by atoms with Crippen molar-refractivity contribution in [3.05, 3.63) is 65.8 Å². The molecule has 1 aliphatic rings. The molecule has 1 atom stereocenters. The molecule has 1 N–H and O–H groups in total. The zero-order chi connectivity index (χ0) is 20.2. The average Bonchev–Trinajstić information content (AvgIpc) is 3.24. The van der Waals surface area contributed by atoms with Crippen LogP contribution >= 0.6 is 0 Å². The predicted octanol–water partition coefficient (Wildman–Crippen LogP) is 5.20. The number of benzene rings is 2. The molecule has 4 rings (SSSR count). The van der Waals surface area contributed by atoms with Gasteiger partial charge >= 0.3 is 6.03 Å². The summed E-state index contributed by atoms with van der Waals surface area (Å²) in [5.74, 6) is 0.475. The van der Waals surface area contributed by atoms with Gasteiger partial charge in [-0.1, -0.05) is 24.2 Å². The fraction of sp³-hybridized carbons (Fsp3) is 0.318. The van der Waals surface area contributed by atoms with Crippen LogP contribution in [-0.4, -0.2) is 27.6 Å². The number of piperidine rings is 1. The molecule has 2 heterocycles. The topological polar surface area (TPSA) is 71.3 Å². The first-order valence-electron chi connectivity index (χ1n) is 9.90. The lowest BCUT2D eigenvalue weighted by Gasteiger charge is -2.33. The lowest BCUT2D eigenvalue weighted by atomic mass is 10.0. The molecule has 2 aromatic carbocycles. The van der Waals surface area contributed by atoms with Crippen LogP contribution in [0, 0.1) is 5.82 Å². The molecular weight excluding hydrogens is 371 g/mol. The summed E-state index contributed by atoms with van der Waals surface area (Å²) in [6.45, 7) is 2.70. The van der Waals surface area contributed by atoms with Crippen LogP contribution in [0.15, 0.2) is 53.1 Å². The fourth-order valence-corrected chi connectivity index (χ4v) is 3.58. The Morgan fingerprint density at radius 3 is 2.86 bits per heavy atom. The van der Waals surface area contributed by atoms with Crippen molar-refractivity contribution in [3.63, 3.8) is 0 Å². The molecule has 0 radical (unpaired) electrons. The van der Waals surface area contributed by atoms with E-state index < -0.39 is 0 Å². The highest BCUT2D eigenvalue weighted by molar-refractivity contribution is 5.89. The molecule has 0 saturated carbocycles. The van der Waals surface area contributed by atoms with Gasteiger partial charge in [0.05, 0.1) is 0 Å². The monoisotopic (exact) mass is 394 g/mol. The molecular formula is C22H23FN4O2. The Labute approximate surface area is 168 Å². The highest BCUT2D eigenvalue weighted by Gasteiger charge is 2.32. The van der Waals surface area contributed by atoms with Crippen molar-refractivity contribution in [2.75, 3.05) is 11.9 Å². The lowest BCUT2D eigenvalue weighted by Crippen LogP contribution is -2.41. The zero-order valence-corrected chi connectivity index (χ0v) is 16.3. The number of urea groups is 1. The zero-order valence-electron chi connectivity index (χ0n) is 16.3. The van der Waals surface area contributed by atoms with Crippen LogP contribution in [0.25, 0.3) is 11.4 Å². The summed E-state index contributed by atoms with van der Waals surface area (Å²) in [6.07, 6.45) is 3.57. The Kier molecular flexibility index (Phi) is 5.55. The van der Waals surface area contributed by atoms with Crippen molar-refractivity contribution in [1.29, 1.82) is 0 Å². The Morgan fingerprint density at radius 2 is 2.07 bits per heavy atom. The predicted molar refractivity (Wildman–Crippen MR) is 108 cm³/mol. The molecule has 1 aromatic heterocycles. The number of aryl methyl sites for hydroxylation is 1. The standard InChI is InChI=1S/C22H23FN4O2/c1-2-15-6-5-7-18(14-15)24-22(28)27-13-4-3-8-19(27)21-25-20(26-29-21)16-9-11-17(23)12-10-16/h5-7,9-12,14,19H,2-4,8,13H2,1H3,(H,24,28). The highest BCUT2D eigenvalue weighted by Crippen LogP contribution is 2.31. The summed E-state index contributed by atoms with van der Waals surface area (Å²) in [6, 6.07) is 13.3. The van der Waals surface area contributed by atoms with Crippen LogP contribution in [0.4, 0.5) is 14.9 Å². The van der Waals surface area contributed by atoms with Crippen molar-refractivity contribution >= 4 is 11.7 Å². The van der Waals surface area contributed by atoms with Crippen molar-refractivity contribution < 1.29 is 13.7 Å². The van der Waals surface area contributed by atoms with Crippen LogP contribution in [-0.2, 0) is 6.42 Å². The van der Waals surface area contributed by atoms with E-state index in [9.17, 15) is 9.18 Å². The van der Waals surface area contributed by atoms with Crippen LogP contribution < -0.4 is 5.32 Å². The van der Waals surface area contributed by atoms with Gasteiger partial charge in [0.1, 0.15) is 11.9 Å². The molecule has 150 valence electrons. The third-order valence-corrected chi connectivity index (χ3v) is 5.18. The molecule has 1 unspecified atom stereocenters.